The first kappa shape index (κ1) is 25.0. The second-order valence-corrected chi connectivity index (χ2v) is 10.2. The largest absolute Gasteiger partial charge is 0.387 e. The molecule has 1 amide bonds. The van der Waals surface area contributed by atoms with Crippen LogP contribution in [0.25, 0.3) is 22.3 Å². The highest BCUT2D eigenvalue weighted by molar-refractivity contribution is 5.94. The first-order chi connectivity index (χ1) is 17.9. The minimum absolute atomic E-state index is 0.0496. The molecule has 5 rings (SSSR count). The van der Waals surface area contributed by atoms with Crippen LogP contribution in [0.2, 0.25) is 0 Å². The number of hydrogen-bond donors (Lipinski definition) is 1. The van der Waals surface area contributed by atoms with Crippen LogP contribution in [-0.2, 0) is 7.05 Å². The van der Waals surface area contributed by atoms with Gasteiger partial charge in [-0.25, -0.2) is 4.98 Å². The van der Waals surface area contributed by atoms with Gasteiger partial charge in [-0.3, -0.25) is 14.7 Å². The summed E-state index contributed by atoms with van der Waals surface area (Å²) in [5, 5.41) is 4.27. The second kappa shape index (κ2) is 10.3. The molecule has 7 heteroatoms. The van der Waals surface area contributed by atoms with Crippen molar-refractivity contribution in [2.75, 3.05) is 39.5 Å². The molecule has 1 fully saturated rings. The topological polar surface area (TPSA) is 66.3 Å². The van der Waals surface area contributed by atoms with Gasteiger partial charge in [-0.1, -0.05) is 12.1 Å². The van der Waals surface area contributed by atoms with Gasteiger partial charge in [0.05, 0.1) is 17.6 Å². The zero-order valence-corrected chi connectivity index (χ0v) is 22.4. The van der Waals surface area contributed by atoms with Gasteiger partial charge in [-0.2, -0.15) is 0 Å². The number of nitrogens with zero attached hydrogens (tertiary/aromatic N) is 5. The number of nitrogens with one attached hydrogen (secondary N) is 1. The molecule has 0 saturated carbocycles. The quantitative estimate of drug-likeness (QED) is 0.391. The van der Waals surface area contributed by atoms with Crippen LogP contribution in [0.5, 0.6) is 0 Å². The molecule has 0 bridgehead atoms. The number of aromatic nitrogens is 3. The Morgan fingerprint density at radius 3 is 2.41 bits per heavy atom. The van der Waals surface area contributed by atoms with E-state index in [1.165, 1.54) is 11.3 Å². The number of piperidine rings is 1. The Bertz CT molecular complexity index is 1380. The average molecular weight is 497 g/mol. The molecule has 0 radical (unpaired) electrons. The zero-order chi connectivity index (χ0) is 26.1. The van der Waals surface area contributed by atoms with Crippen molar-refractivity contribution in [1.82, 2.24) is 24.3 Å². The lowest BCUT2D eigenvalue weighted by atomic mass is 9.88. The fraction of sp³-hybridized carbons (Fsp3) is 0.367. The highest BCUT2D eigenvalue weighted by Crippen LogP contribution is 2.35. The van der Waals surface area contributed by atoms with Crippen molar-refractivity contribution >= 4 is 22.6 Å². The molecule has 1 aliphatic rings. The van der Waals surface area contributed by atoms with Gasteiger partial charge in [0, 0.05) is 62.6 Å². The number of carbonyl (C=O) groups excluding carboxylic acids is 1. The molecule has 0 spiro atoms. The molecule has 192 valence electrons. The van der Waals surface area contributed by atoms with E-state index in [0.717, 1.165) is 59.5 Å². The molecule has 1 aliphatic heterocycles. The summed E-state index contributed by atoms with van der Waals surface area (Å²) in [4.78, 5) is 25.8. The number of fused-ring (bicyclic) bond motifs is 1. The lowest BCUT2D eigenvalue weighted by Crippen LogP contribution is -2.35. The van der Waals surface area contributed by atoms with E-state index in [1.54, 1.807) is 19.0 Å². The maximum absolute atomic E-state index is 12.2. The lowest BCUT2D eigenvalue weighted by Gasteiger charge is -2.36. The SMILES string of the molecule is CNc1ccc(-c2ccnc3c2cc([C@@H](C)N2CCC(c4ccc(C(=O)N(C)C)cc4)CC2)n3C)nc1. The molecule has 0 aliphatic carbocycles. The highest BCUT2D eigenvalue weighted by atomic mass is 16.2. The van der Waals surface area contributed by atoms with Crippen molar-refractivity contribution in [1.29, 1.82) is 0 Å². The van der Waals surface area contributed by atoms with Crippen LogP contribution in [0.4, 0.5) is 5.69 Å². The minimum Gasteiger partial charge on any atom is -0.387 e. The highest BCUT2D eigenvalue weighted by Gasteiger charge is 2.27. The Balaban J connectivity index is 1.32. The number of aryl methyl sites for hydroxylation is 1. The summed E-state index contributed by atoms with van der Waals surface area (Å²) in [6, 6.07) is 16.9. The third-order valence-electron chi connectivity index (χ3n) is 7.83. The molecule has 0 unspecified atom stereocenters. The van der Waals surface area contributed by atoms with Crippen LogP contribution in [0, 0.1) is 0 Å². The van der Waals surface area contributed by atoms with E-state index in [9.17, 15) is 4.79 Å². The summed E-state index contributed by atoms with van der Waals surface area (Å²) in [6.07, 6.45) is 5.97. The smallest absolute Gasteiger partial charge is 0.253 e. The maximum Gasteiger partial charge on any atom is 0.253 e. The summed E-state index contributed by atoms with van der Waals surface area (Å²) in [5.41, 5.74) is 7.40. The average Bonchev–Trinajstić information content (AvgIpc) is 3.29. The lowest BCUT2D eigenvalue weighted by molar-refractivity contribution is 0.0827. The van der Waals surface area contributed by atoms with Crippen molar-refractivity contribution in [3.8, 4) is 11.3 Å². The van der Waals surface area contributed by atoms with E-state index in [-0.39, 0.29) is 11.9 Å². The van der Waals surface area contributed by atoms with Gasteiger partial charge < -0.3 is 14.8 Å². The minimum atomic E-state index is 0.0496. The monoisotopic (exact) mass is 496 g/mol. The van der Waals surface area contributed by atoms with E-state index in [1.807, 2.05) is 31.6 Å². The summed E-state index contributed by atoms with van der Waals surface area (Å²) >= 11 is 0. The molecule has 4 heterocycles. The predicted molar refractivity (Wildman–Crippen MR) is 150 cm³/mol. The van der Waals surface area contributed by atoms with Crippen LogP contribution in [0.3, 0.4) is 0 Å². The molecule has 7 nitrogen and oxygen atoms in total. The van der Waals surface area contributed by atoms with Gasteiger partial charge in [0.2, 0.25) is 0 Å². The Kier molecular flexibility index (Phi) is 6.98. The summed E-state index contributed by atoms with van der Waals surface area (Å²) in [5.74, 6) is 0.577. The molecule has 1 N–H and O–H groups in total. The van der Waals surface area contributed by atoms with Crippen LogP contribution < -0.4 is 5.32 Å². The van der Waals surface area contributed by atoms with Crippen LogP contribution in [0.1, 0.15) is 53.3 Å². The van der Waals surface area contributed by atoms with E-state index in [4.69, 9.17) is 4.98 Å². The van der Waals surface area contributed by atoms with Gasteiger partial charge >= 0.3 is 0 Å². The Morgan fingerprint density at radius 1 is 1.05 bits per heavy atom. The van der Waals surface area contributed by atoms with Crippen molar-refractivity contribution < 1.29 is 4.79 Å². The van der Waals surface area contributed by atoms with Crippen molar-refractivity contribution in [3.63, 3.8) is 0 Å². The molecule has 4 aromatic rings. The maximum atomic E-state index is 12.2. The van der Waals surface area contributed by atoms with E-state index in [2.05, 4.69) is 70.1 Å². The number of carbonyl (C=O) groups is 1. The molecule has 1 saturated heterocycles. The van der Waals surface area contributed by atoms with Crippen LogP contribution in [-0.4, -0.2) is 64.5 Å². The number of pyridine rings is 2. The summed E-state index contributed by atoms with van der Waals surface area (Å²) < 4.78 is 2.23. The normalized spacial score (nSPS) is 15.6. The molecular formula is C30H36N6O. The number of anilines is 1. The van der Waals surface area contributed by atoms with Gasteiger partial charge in [-0.05, 0) is 80.7 Å². The number of likely N-dealkylation sites (tertiary alicyclic amines) is 1. The third kappa shape index (κ3) is 4.83. The van der Waals surface area contributed by atoms with Crippen molar-refractivity contribution in [2.45, 2.75) is 31.7 Å². The number of rotatable bonds is 6. The third-order valence-corrected chi connectivity index (χ3v) is 7.83. The number of amides is 1. The van der Waals surface area contributed by atoms with Gasteiger partial charge in [-0.15, -0.1) is 0 Å². The number of hydrogen-bond acceptors (Lipinski definition) is 5. The molecule has 1 atom stereocenters. The summed E-state index contributed by atoms with van der Waals surface area (Å²) in [6.45, 7) is 4.38. The van der Waals surface area contributed by atoms with Gasteiger partial charge in [0.25, 0.3) is 5.91 Å². The first-order valence-electron chi connectivity index (χ1n) is 13.0. The van der Waals surface area contributed by atoms with E-state index in [0.29, 0.717) is 5.92 Å². The molecule has 1 aromatic carbocycles. The number of benzene rings is 1. The summed E-state index contributed by atoms with van der Waals surface area (Å²) in [7, 11) is 7.60. The fourth-order valence-electron chi connectivity index (χ4n) is 5.53. The zero-order valence-electron chi connectivity index (χ0n) is 22.4. The predicted octanol–water partition coefficient (Wildman–Crippen LogP) is 5.32. The van der Waals surface area contributed by atoms with Gasteiger partial charge in [0.1, 0.15) is 5.65 Å². The van der Waals surface area contributed by atoms with Crippen molar-refractivity contribution in [2.24, 2.45) is 7.05 Å². The fourth-order valence-corrected chi connectivity index (χ4v) is 5.53. The Hall–Kier alpha value is -3.71. The van der Waals surface area contributed by atoms with Gasteiger partial charge in [0.15, 0.2) is 0 Å². The molecular weight excluding hydrogens is 460 g/mol. The molecule has 3 aromatic heterocycles. The Labute approximate surface area is 219 Å². The van der Waals surface area contributed by atoms with Crippen LogP contribution in [0.15, 0.2) is 60.9 Å². The second-order valence-electron chi connectivity index (χ2n) is 10.2. The molecule has 37 heavy (non-hydrogen) atoms. The first-order valence-corrected chi connectivity index (χ1v) is 13.0. The van der Waals surface area contributed by atoms with E-state index < -0.39 is 0 Å². The van der Waals surface area contributed by atoms with E-state index >= 15 is 0 Å². The Morgan fingerprint density at radius 2 is 1.78 bits per heavy atom. The van der Waals surface area contributed by atoms with Crippen LogP contribution >= 0.6 is 0 Å². The van der Waals surface area contributed by atoms with Crippen molar-refractivity contribution in [3.05, 3.63) is 77.7 Å². The standard InChI is InChI=1S/C30H36N6O/c1-20(36-16-13-22(14-17-36)21-6-8-23(9-7-21)30(37)34(3)4)28-18-26-25(12-15-32-29(26)35(28)5)27-11-10-24(31-2)19-33-27/h6-12,15,18-20,22,31H,13-14,16-17H2,1-5H3/t20-/m1/s1.